The second-order valence-corrected chi connectivity index (χ2v) is 5.54. The minimum absolute atomic E-state index is 0.117. The third kappa shape index (κ3) is 2.94. The van der Waals surface area contributed by atoms with Crippen LogP contribution in [0, 0.1) is 0 Å². The Balaban J connectivity index is 1.85. The van der Waals surface area contributed by atoms with Crippen LogP contribution in [0.25, 0.3) is 11.3 Å². The number of aliphatic hydroxyl groups is 1. The number of carbonyl (C=O) groups excluding carboxylic acids is 1. The average molecular weight is 307 g/mol. The summed E-state index contributed by atoms with van der Waals surface area (Å²) in [4.78, 5) is 14.3. The minimum atomic E-state index is -0.313. The topological polar surface area (TPSA) is 66.6 Å². The molecule has 3 rings (SSSR count). The number of rotatable bonds is 2. The molecule has 0 aliphatic carbocycles. The van der Waals surface area contributed by atoms with Crippen molar-refractivity contribution in [2.24, 2.45) is 0 Å². The molecule has 1 fully saturated rings. The smallest absolute Gasteiger partial charge is 0.259 e. The summed E-state index contributed by atoms with van der Waals surface area (Å²) in [6, 6.07) is 7.10. The Labute approximate surface area is 127 Å². The molecule has 1 saturated heterocycles. The van der Waals surface area contributed by atoms with Crippen LogP contribution in [0.2, 0.25) is 5.02 Å². The van der Waals surface area contributed by atoms with Crippen molar-refractivity contribution in [2.45, 2.75) is 18.9 Å². The molecule has 21 heavy (non-hydrogen) atoms. The van der Waals surface area contributed by atoms with Crippen molar-refractivity contribution in [2.75, 3.05) is 13.1 Å². The minimum Gasteiger partial charge on any atom is -0.393 e. The van der Waals surface area contributed by atoms with Gasteiger partial charge in [0.05, 0.1) is 6.10 Å². The molecule has 1 aliphatic rings. The maximum Gasteiger partial charge on any atom is 0.259 e. The first-order valence-corrected chi connectivity index (χ1v) is 7.20. The zero-order valence-corrected chi connectivity index (χ0v) is 12.1. The summed E-state index contributed by atoms with van der Waals surface area (Å²) in [5.41, 5.74) is 1.74. The number of carbonyl (C=O) groups is 1. The molecule has 5 nitrogen and oxygen atoms in total. The Kier molecular flexibility index (Phi) is 3.94. The van der Waals surface area contributed by atoms with Gasteiger partial charge < -0.3 is 14.5 Å². The molecule has 1 aliphatic heterocycles. The van der Waals surface area contributed by atoms with Gasteiger partial charge in [-0.15, -0.1) is 0 Å². The molecule has 0 radical (unpaired) electrons. The summed E-state index contributed by atoms with van der Waals surface area (Å²) in [6.45, 7) is 1.09. The summed E-state index contributed by atoms with van der Waals surface area (Å²) in [6.07, 6.45) is 2.27. The highest BCUT2D eigenvalue weighted by Gasteiger charge is 2.26. The Bertz CT molecular complexity index is 631. The van der Waals surface area contributed by atoms with E-state index in [2.05, 4.69) is 5.16 Å². The van der Waals surface area contributed by atoms with Crippen LogP contribution in [0.1, 0.15) is 23.2 Å². The largest absolute Gasteiger partial charge is 0.393 e. The molecule has 1 aromatic heterocycles. The van der Waals surface area contributed by atoms with Gasteiger partial charge in [-0.25, -0.2) is 0 Å². The van der Waals surface area contributed by atoms with Crippen molar-refractivity contribution in [3.63, 3.8) is 0 Å². The number of piperidine rings is 1. The van der Waals surface area contributed by atoms with Gasteiger partial charge in [-0.2, -0.15) is 0 Å². The summed E-state index contributed by atoms with van der Waals surface area (Å²) in [5, 5.41) is 14.1. The Morgan fingerprint density at radius 3 is 2.62 bits per heavy atom. The van der Waals surface area contributed by atoms with Crippen LogP contribution in [0.4, 0.5) is 0 Å². The number of hydrogen-bond donors (Lipinski definition) is 1. The van der Waals surface area contributed by atoms with E-state index >= 15 is 0 Å². The molecule has 0 bridgehead atoms. The Hall–Kier alpha value is -1.85. The predicted molar refractivity (Wildman–Crippen MR) is 78.1 cm³/mol. The van der Waals surface area contributed by atoms with Crippen LogP contribution in [0.3, 0.4) is 0 Å². The number of amides is 1. The maximum atomic E-state index is 12.5. The third-order valence-corrected chi connectivity index (χ3v) is 3.92. The van der Waals surface area contributed by atoms with Gasteiger partial charge in [-0.05, 0) is 25.0 Å². The van der Waals surface area contributed by atoms with Crippen molar-refractivity contribution < 1.29 is 14.4 Å². The van der Waals surface area contributed by atoms with Gasteiger partial charge in [0.25, 0.3) is 5.91 Å². The molecule has 1 N–H and O–H groups in total. The first-order chi connectivity index (χ1) is 10.1. The van der Waals surface area contributed by atoms with Crippen molar-refractivity contribution in [1.29, 1.82) is 0 Å². The van der Waals surface area contributed by atoms with Gasteiger partial charge in [0, 0.05) is 23.7 Å². The van der Waals surface area contributed by atoms with Gasteiger partial charge >= 0.3 is 0 Å². The lowest BCUT2D eigenvalue weighted by atomic mass is 10.0. The maximum absolute atomic E-state index is 12.5. The summed E-state index contributed by atoms with van der Waals surface area (Å²) in [5.74, 6) is -0.117. The van der Waals surface area contributed by atoms with Crippen LogP contribution < -0.4 is 0 Å². The molecule has 110 valence electrons. The first kappa shape index (κ1) is 14.1. The van der Waals surface area contributed by atoms with Crippen LogP contribution >= 0.6 is 11.6 Å². The fourth-order valence-corrected chi connectivity index (χ4v) is 2.57. The monoisotopic (exact) mass is 306 g/mol. The van der Waals surface area contributed by atoms with Crippen LogP contribution in [-0.4, -0.2) is 40.3 Å². The molecule has 0 atom stereocenters. The van der Waals surface area contributed by atoms with E-state index in [0.717, 1.165) is 5.56 Å². The predicted octanol–water partition coefficient (Wildman–Crippen LogP) is 2.59. The Morgan fingerprint density at radius 2 is 1.95 bits per heavy atom. The quantitative estimate of drug-likeness (QED) is 0.926. The first-order valence-electron chi connectivity index (χ1n) is 6.83. The van der Waals surface area contributed by atoms with Gasteiger partial charge in [0.15, 0.2) is 0 Å². The molecule has 2 heterocycles. The van der Waals surface area contributed by atoms with Crippen molar-refractivity contribution in [1.82, 2.24) is 10.1 Å². The molecular formula is C15H15ClN2O3. The van der Waals surface area contributed by atoms with E-state index in [9.17, 15) is 9.90 Å². The van der Waals surface area contributed by atoms with Crippen LogP contribution in [0.5, 0.6) is 0 Å². The van der Waals surface area contributed by atoms with E-state index in [1.807, 2.05) is 0 Å². The normalized spacial score (nSPS) is 16.2. The average Bonchev–Trinajstić information content (AvgIpc) is 2.97. The summed E-state index contributed by atoms with van der Waals surface area (Å²) < 4.78 is 4.98. The molecule has 6 heteroatoms. The third-order valence-electron chi connectivity index (χ3n) is 3.67. The number of aliphatic hydroxyl groups excluding tert-OH is 1. The number of aromatic nitrogens is 1. The zero-order chi connectivity index (χ0) is 14.8. The SMILES string of the molecule is O=C(c1conc1-c1ccc(Cl)cc1)N1CCC(O)CC1. The lowest BCUT2D eigenvalue weighted by molar-refractivity contribution is 0.0546. The Morgan fingerprint density at radius 1 is 1.29 bits per heavy atom. The number of likely N-dealkylation sites (tertiary alicyclic amines) is 1. The second-order valence-electron chi connectivity index (χ2n) is 5.11. The number of benzene rings is 1. The van der Waals surface area contributed by atoms with E-state index in [1.54, 1.807) is 29.2 Å². The van der Waals surface area contributed by atoms with Crippen molar-refractivity contribution >= 4 is 17.5 Å². The fourth-order valence-electron chi connectivity index (χ4n) is 2.44. The molecule has 1 aromatic carbocycles. The number of halogens is 1. The fraction of sp³-hybridized carbons (Fsp3) is 0.333. The van der Waals surface area contributed by atoms with Crippen LogP contribution in [0.15, 0.2) is 35.1 Å². The number of hydrogen-bond acceptors (Lipinski definition) is 4. The van der Waals surface area contributed by atoms with E-state index in [4.69, 9.17) is 16.1 Å². The molecule has 0 spiro atoms. The molecule has 2 aromatic rings. The highest BCUT2D eigenvalue weighted by atomic mass is 35.5. The zero-order valence-electron chi connectivity index (χ0n) is 11.3. The summed E-state index contributed by atoms with van der Waals surface area (Å²) in [7, 11) is 0. The molecule has 0 unspecified atom stereocenters. The highest BCUT2D eigenvalue weighted by Crippen LogP contribution is 2.25. The molecule has 1 amide bonds. The lowest BCUT2D eigenvalue weighted by Crippen LogP contribution is -2.40. The standard InChI is InChI=1S/C15H15ClN2O3/c16-11-3-1-10(2-4-11)14-13(9-21-17-14)15(20)18-7-5-12(19)6-8-18/h1-4,9,12,19H,5-8H2. The van der Waals surface area contributed by atoms with E-state index in [0.29, 0.717) is 42.2 Å². The van der Waals surface area contributed by atoms with E-state index < -0.39 is 0 Å². The van der Waals surface area contributed by atoms with Gasteiger partial charge in [0.2, 0.25) is 0 Å². The van der Waals surface area contributed by atoms with Gasteiger partial charge in [-0.3, -0.25) is 4.79 Å². The lowest BCUT2D eigenvalue weighted by Gasteiger charge is -2.29. The van der Waals surface area contributed by atoms with Gasteiger partial charge in [-0.1, -0.05) is 28.9 Å². The second kappa shape index (κ2) is 5.87. The molecular weight excluding hydrogens is 292 g/mol. The van der Waals surface area contributed by atoms with E-state index in [-0.39, 0.29) is 12.0 Å². The van der Waals surface area contributed by atoms with Crippen molar-refractivity contribution in [3.05, 3.63) is 41.1 Å². The van der Waals surface area contributed by atoms with Crippen molar-refractivity contribution in [3.8, 4) is 11.3 Å². The van der Waals surface area contributed by atoms with Gasteiger partial charge in [0.1, 0.15) is 17.5 Å². The number of nitrogens with zero attached hydrogens (tertiary/aromatic N) is 2. The molecule has 0 saturated carbocycles. The van der Waals surface area contributed by atoms with Crippen LogP contribution in [-0.2, 0) is 0 Å². The van der Waals surface area contributed by atoms with E-state index in [1.165, 1.54) is 6.26 Å². The highest BCUT2D eigenvalue weighted by molar-refractivity contribution is 6.30. The summed E-state index contributed by atoms with van der Waals surface area (Å²) >= 11 is 5.87.